The van der Waals surface area contributed by atoms with Gasteiger partial charge < -0.3 is 10.3 Å². The van der Waals surface area contributed by atoms with E-state index in [-0.39, 0.29) is 11.7 Å². The molecular formula is C16H12BrFN2O. The van der Waals surface area contributed by atoms with E-state index in [4.69, 9.17) is 10.3 Å². The van der Waals surface area contributed by atoms with E-state index in [0.717, 1.165) is 11.1 Å². The number of hydrogen-bond acceptors (Lipinski definition) is 3. The number of rotatable bonds is 2. The van der Waals surface area contributed by atoms with E-state index in [1.807, 2.05) is 31.2 Å². The molecule has 0 aliphatic heterocycles. The quantitative estimate of drug-likeness (QED) is 0.724. The molecule has 0 atom stereocenters. The first-order valence-electron chi connectivity index (χ1n) is 6.35. The molecular weight excluding hydrogens is 335 g/mol. The van der Waals surface area contributed by atoms with Gasteiger partial charge in [0.2, 0.25) is 5.88 Å². The second kappa shape index (κ2) is 5.33. The molecule has 0 spiro atoms. The standard InChI is InChI=1S/C16H12BrFN2O/c1-9-5-2-3-6-10(9)13-15(20-21-16(13)19)11-7-4-8-12(18)14(11)17/h2-8H,19H2,1H3. The van der Waals surface area contributed by atoms with Crippen LogP contribution in [-0.4, -0.2) is 5.16 Å². The fraction of sp³-hybridized carbons (Fsp3) is 0.0625. The molecule has 0 saturated heterocycles. The van der Waals surface area contributed by atoms with Crippen molar-refractivity contribution >= 4 is 21.8 Å². The zero-order valence-corrected chi connectivity index (χ0v) is 12.8. The summed E-state index contributed by atoms with van der Waals surface area (Å²) in [6.45, 7) is 1.98. The van der Waals surface area contributed by atoms with E-state index < -0.39 is 0 Å². The third kappa shape index (κ3) is 2.34. The van der Waals surface area contributed by atoms with Crippen LogP contribution in [0, 0.1) is 12.7 Å². The van der Waals surface area contributed by atoms with Gasteiger partial charge in [0.05, 0.1) is 10.0 Å². The Labute approximate surface area is 129 Å². The van der Waals surface area contributed by atoms with Gasteiger partial charge in [0.1, 0.15) is 11.5 Å². The zero-order chi connectivity index (χ0) is 15.0. The molecule has 3 nitrogen and oxygen atoms in total. The maximum absolute atomic E-state index is 13.7. The van der Waals surface area contributed by atoms with E-state index in [0.29, 0.717) is 21.3 Å². The largest absolute Gasteiger partial charge is 0.367 e. The highest BCUT2D eigenvalue weighted by Crippen LogP contribution is 2.40. The molecule has 2 N–H and O–H groups in total. The first-order valence-corrected chi connectivity index (χ1v) is 7.14. The maximum atomic E-state index is 13.7. The Morgan fingerprint density at radius 2 is 1.81 bits per heavy atom. The summed E-state index contributed by atoms with van der Waals surface area (Å²) < 4.78 is 19.2. The number of nitrogens with two attached hydrogens (primary N) is 1. The first-order chi connectivity index (χ1) is 10.1. The highest BCUT2D eigenvalue weighted by molar-refractivity contribution is 9.10. The molecule has 0 bridgehead atoms. The average Bonchev–Trinajstić information content (AvgIpc) is 2.84. The highest BCUT2D eigenvalue weighted by atomic mass is 79.9. The molecule has 0 aliphatic carbocycles. The van der Waals surface area contributed by atoms with Gasteiger partial charge in [0, 0.05) is 5.56 Å². The summed E-state index contributed by atoms with van der Waals surface area (Å²) in [5.41, 5.74) is 9.70. The monoisotopic (exact) mass is 346 g/mol. The molecule has 0 saturated carbocycles. The Morgan fingerprint density at radius 1 is 1.10 bits per heavy atom. The number of nitrogens with zero attached hydrogens (tertiary/aromatic N) is 1. The molecule has 0 aliphatic rings. The van der Waals surface area contributed by atoms with Gasteiger partial charge in [-0.15, -0.1) is 0 Å². The predicted octanol–water partition coefficient (Wildman–Crippen LogP) is 4.80. The summed E-state index contributed by atoms with van der Waals surface area (Å²) in [6.07, 6.45) is 0. The number of halogens is 2. The van der Waals surface area contributed by atoms with Crippen LogP contribution in [0.25, 0.3) is 22.4 Å². The smallest absolute Gasteiger partial charge is 0.230 e. The van der Waals surface area contributed by atoms with Gasteiger partial charge in [-0.2, -0.15) is 0 Å². The zero-order valence-electron chi connectivity index (χ0n) is 11.2. The van der Waals surface area contributed by atoms with Crippen LogP contribution in [0.1, 0.15) is 5.56 Å². The van der Waals surface area contributed by atoms with Crippen LogP contribution in [0.2, 0.25) is 0 Å². The summed E-state index contributed by atoms with van der Waals surface area (Å²) in [4.78, 5) is 0. The number of aryl methyl sites for hydroxylation is 1. The van der Waals surface area contributed by atoms with Crippen LogP contribution < -0.4 is 5.73 Å². The average molecular weight is 347 g/mol. The lowest BCUT2D eigenvalue weighted by Gasteiger charge is -2.07. The van der Waals surface area contributed by atoms with Crippen molar-refractivity contribution in [1.29, 1.82) is 0 Å². The molecule has 3 rings (SSSR count). The Balaban J connectivity index is 2.28. The molecule has 1 aromatic heterocycles. The van der Waals surface area contributed by atoms with Crippen molar-refractivity contribution in [2.75, 3.05) is 5.73 Å². The van der Waals surface area contributed by atoms with Crippen molar-refractivity contribution in [1.82, 2.24) is 5.16 Å². The molecule has 21 heavy (non-hydrogen) atoms. The molecule has 0 fully saturated rings. The minimum absolute atomic E-state index is 0.218. The molecule has 106 valence electrons. The summed E-state index contributed by atoms with van der Waals surface area (Å²) in [6, 6.07) is 12.6. The van der Waals surface area contributed by atoms with Crippen LogP contribution in [0.5, 0.6) is 0 Å². The molecule has 0 amide bonds. The van der Waals surface area contributed by atoms with Gasteiger partial charge in [-0.1, -0.05) is 41.6 Å². The Hall–Kier alpha value is -2.14. The topological polar surface area (TPSA) is 52.0 Å². The fourth-order valence-corrected chi connectivity index (χ4v) is 2.74. The maximum Gasteiger partial charge on any atom is 0.230 e. The van der Waals surface area contributed by atoms with E-state index in [1.165, 1.54) is 6.07 Å². The molecule has 0 radical (unpaired) electrons. The minimum atomic E-state index is -0.357. The van der Waals surface area contributed by atoms with Gasteiger partial charge in [-0.05, 0) is 40.0 Å². The molecule has 0 unspecified atom stereocenters. The summed E-state index contributed by atoms with van der Waals surface area (Å²) in [5, 5.41) is 4.01. The lowest BCUT2D eigenvalue weighted by atomic mass is 9.97. The Kier molecular flexibility index (Phi) is 3.51. The lowest BCUT2D eigenvalue weighted by Crippen LogP contribution is -1.91. The number of aromatic nitrogens is 1. The van der Waals surface area contributed by atoms with E-state index in [9.17, 15) is 4.39 Å². The predicted molar refractivity (Wildman–Crippen MR) is 84.2 cm³/mol. The SMILES string of the molecule is Cc1ccccc1-c1c(-c2cccc(F)c2Br)noc1N. The van der Waals surface area contributed by atoms with Crippen LogP contribution in [-0.2, 0) is 0 Å². The lowest BCUT2D eigenvalue weighted by molar-refractivity contribution is 0.439. The summed E-state index contributed by atoms with van der Waals surface area (Å²) in [5.74, 6) is -0.139. The van der Waals surface area contributed by atoms with Gasteiger partial charge in [0.25, 0.3) is 0 Å². The second-order valence-corrected chi connectivity index (χ2v) is 5.48. The molecule has 5 heteroatoms. The van der Waals surface area contributed by atoms with Crippen LogP contribution in [0.4, 0.5) is 10.3 Å². The van der Waals surface area contributed by atoms with Gasteiger partial charge in [-0.25, -0.2) is 4.39 Å². The summed E-state index contributed by atoms with van der Waals surface area (Å²) in [7, 11) is 0. The minimum Gasteiger partial charge on any atom is -0.367 e. The van der Waals surface area contributed by atoms with E-state index >= 15 is 0 Å². The van der Waals surface area contributed by atoms with Crippen molar-refractivity contribution in [3.8, 4) is 22.4 Å². The summed E-state index contributed by atoms with van der Waals surface area (Å²) >= 11 is 3.25. The van der Waals surface area contributed by atoms with E-state index in [2.05, 4.69) is 21.1 Å². The Bertz CT molecular complexity index is 814. The number of hydrogen-bond donors (Lipinski definition) is 1. The second-order valence-electron chi connectivity index (χ2n) is 4.69. The van der Waals surface area contributed by atoms with Crippen LogP contribution in [0.15, 0.2) is 51.5 Å². The first kappa shape index (κ1) is 13.8. The van der Waals surface area contributed by atoms with E-state index in [1.54, 1.807) is 12.1 Å². The normalized spacial score (nSPS) is 10.8. The van der Waals surface area contributed by atoms with Crippen LogP contribution >= 0.6 is 15.9 Å². The third-order valence-corrected chi connectivity index (χ3v) is 4.15. The van der Waals surface area contributed by atoms with Gasteiger partial charge >= 0.3 is 0 Å². The van der Waals surface area contributed by atoms with Gasteiger partial charge in [0.15, 0.2) is 0 Å². The van der Waals surface area contributed by atoms with Crippen molar-refractivity contribution in [2.24, 2.45) is 0 Å². The molecule has 1 heterocycles. The Morgan fingerprint density at radius 3 is 2.57 bits per heavy atom. The number of anilines is 1. The highest BCUT2D eigenvalue weighted by Gasteiger charge is 2.21. The van der Waals surface area contributed by atoms with Crippen molar-refractivity contribution < 1.29 is 8.91 Å². The van der Waals surface area contributed by atoms with Crippen LogP contribution in [0.3, 0.4) is 0 Å². The van der Waals surface area contributed by atoms with Crippen molar-refractivity contribution in [3.05, 3.63) is 58.3 Å². The third-order valence-electron chi connectivity index (χ3n) is 3.34. The van der Waals surface area contributed by atoms with Gasteiger partial charge in [-0.3, -0.25) is 0 Å². The van der Waals surface area contributed by atoms with Crippen molar-refractivity contribution in [3.63, 3.8) is 0 Å². The number of nitrogen functional groups attached to an aromatic ring is 1. The number of benzene rings is 2. The molecule has 3 aromatic rings. The molecule has 2 aromatic carbocycles. The van der Waals surface area contributed by atoms with Crippen molar-refractivity contribution in [2.45, 2.75) is 6.92 Å². The fourth-order valence-electron chi connectivity index (χ4n) is 2.29.